The molecule has 0 heterocycles. The van der Waals surface area contributed by atoms with E-state index < -0.39 is 20.5 Å². The van der Waals surface area contributed by atoms with E-state index in [2.05, 4.69) is 39.2 Å². The van der Waals surface area contributed by atoms with Gasteiger partial charge in [-0.3, -0.25) is 0 Å². The third-order valence-corrected chi connectivity index (χ3v) is 8.74. The van der Waals surface area contributed by atoms with E-state index in [0.29, 0.717) is 11.6 Å². The first-order chi connectivity index (χ1) is 9.53. The number of amides is 1. The Hall–Kier alpha value is -1.04. The number of carboxylic acid groups (broad SMARTS) is 1. The van der Waals surface area contributed by atoms with Crippen LogP contribution in [0, 0.1) is 0 Å². The lowest BCUT2D eigenvalue weighted by Gasteiger charge is -2.37. The predicted molar refractivity (Wildman–Crippen MR) is 88.5 cm³/mol. The molecular formula is C15H24ClNO3Si. The smallest absolute Gasteiger partial charge is 0.405 e. The summed E-state index contributed by atoms with van der Waals surface area (Å²) in [5.74, 6) is 0. The minimum absolute atomic E-state index is 0.0841. The van der Waals surface area contributed by atoms with E-state index in [1.807, 2.05) is 12.1 Å². The van der Waals surface area contributed by atoms with Crippen LogP contribution in [-0.4, -0.2) is 26.1 Å². The van der Waals surface area contributed by atoms with Crippen LogP contribution in [0.1, 0.15) is 32.4 Å². The molecule has 118 valence electrons. The quantitative estimate of drug-likeness (QED) is 0.772. The van der Waals surface area contributed by atoms with Crippen molar-refractivity contribution in [2.75, 3.05) is 6.61 Å². The highest BCUT2D eigenvalue weighted by Crippen LogP contribution is 2.37. The summed E-state index contributed by atoms with van der Waals surface area (Å²) in [6.45, 7) is 11.1. The van der Waals surface area contributed by atoms with Gasteiger partial charge in [0.25, 0.3) is 0 Å². The Bertz CT molecular complexity index is 483. The molecule has 1 amide bonds. The molecule has 0 aromatic heterocycles. The normalized spacial score (nSPS) is 13.8. The standard InChI is InChI=1S/C15H24ClNO3Si/c1-15(2,3)21(4,5)20-10-13(17-14(18)19)11-6-8-12(16)9-7-11/h6-9,13,17H,10H2,1-5H3,(H,18,19)/t13-/m1/s1. The summed E-state index contributed by atoms with van der Waals surface area (Å²) in [4.78, 5) is 11.0. The molecule has 0 saturated heterocycles. The van der Waals surface area contributed by atoms with Gasteiger partial charge in [0.15, 0.2) is 8.32 Å². The molecule has 0 aliphatic carbocycles. The zero-order chi connectivity index (χ0) is 16.3. The summed E-state index contributed by atoms with van der Waals surface area (Å²) in [6.07, 6.45) is -1.06. The van der Waals surface area contributed by atoms with Crippen molar-refractivity contribution in [3.8, 4) is 0 Å². The summed E-state index contributed by atoms with van der Waals surface area (Å²) in [5.41, 5.74) is 0.848. The second-order valence-corrected chi connectivity index (χ2v) is 11.9. The highest BCUT2D eigenvalue weighted by Gasteiger charge is 2.37. The molecule has 21 heavy (non-hydrogen) atoms. The lowest BCUT2D eigenvalue weighted by Crippen LogP contribution is -2.43. The van der Waals surface area contributed by atoms with E-state index in [9.17, 15) is 4.79 Å². The maximum absolute atomic E-state index is 11.0. The van der Waals surface area contributed by atoms with Crippen LogP contribution in [0.5, 0.6) is 0 Å². The highest BCUT2D eigenvalue weighted by atomic mass is 35.5. The number of hydrogen-bond donors (Lipinski definition) is 2. The van der Waals surface area contributed by atoms with Crippen molar-refractivity contribution in [3.05, 3.63) is 34.9 Å². The van der Waals surface area contributed by atoms with Gasteiger partial charge in [-0.25, -0.2) is 4.79 Å². The van der Waals surface area contributed by atoms with Crippen molar-refractivity contribution in [1.29, 1.82) is 0 Å². The molecule has 1 aromatic rings. The number of benzene rings is 1. The average molecular weight is 330 g/mol. The Morgan fingerprint density at radius 3 is 2.29 bits per heavy atom. The van der Waals surface area contributed by atoms with Crippen LogP contribution < -0.4 is 5.32 Å². The maximum atomic E-state index is 11.0. The van der Waals surface area contributed by atoms with Gasteiger partial charge in [0.1, 0.15) is 0 Å². The molecule has 0 spiro atoms. The first-order valence-corrected chi connectivity index (χ1v) is 10.2. The zero-order valence-corrected chi connectivity index (χ0v) is 15.0. The summed E-state index contributed by atoms with van der Waals surface area (Å²) in [5, 5.41) is 12.2. The van der Waals surface area contributed by atoms with Crippen molar-refractivity contribution in [3.63, 3.8) is 0 Å². The molecule has 0 unspecified atom stereocenters. The number of halogens is 1. The molecule has 0 aliphatic rings. The molecule has 6 heteroatoms. The molecule has 1 aromatic carbocycles. The molecule has 1 rings (SSSR count). The first-order valence-electron chi connectivity index (χ1n) is 6.92. The predicted octanol–water partition coefficient (Wildman–Crippen LogP) is 4.67. The highest BCUT2D eigenvalue weighted by molar-refractivity contribution is 6.74. The number of carbonyl (C=O) groups is 1. The fourth-order valence-electron chi connectivity index (χ4n) is 1.57. The van der Waals surface area contributed by atoms with Crippen molar-refractivity contribution < 1.29 is 14.3 Å². The van der Waals surface area contributed by atoms with Crippen LogP contribution in [0.4, 0.5) is 4.79 Å². The molecular weight excluding hydrogens is 306 g/mol. The van der Waals surface area contributed by atoms with E-state index in [1.165, 1.54) is 0 Å². The molecule has 4 nitrogen and oxygen atoms in total. The van der Waals surface area contributed by atoms with Gasteiger partial charge >= 0.3 is 6.09 Å². The van der Waals surface area contributed by atoms with Crippen LogP contribution in [-0.2, 0) is 4.43 Å². The third-order valence-electron chi connectivity index (χ3n) is 3.99. The van der Waals surface area contributed by atoms with Gasteiger partial charge in [0.05, 0.1) is 12.6 Å². The minimum atomic E-state index is -1.92. The van der Waals surface area contributed by atoms with Crippen molar-refractivity contribution in [2.24, 2.45) is 0 Å². The number of hydrogen-bond acceptors (Lipinski definition) is 2. The fraction of sp³-hybridized carbons (Fsp3) is 0.533. The van der Waals surface area contributed by atoms with Crippen molar-refractivity contribution in [1.82, 2.24) is 5.32 Å². The molecule has 0 radical (unpaired) electrons. The van der Waals surface area contributed by atoms with Gasteiger partial charge in [-0.15, -0.1) is 0 Å². The third kappa shape index (κ3) is 5.34. The topological polar surface area (TPSA) is 58.6 Å². The summed E-state index contributed by atoms with van der Waals surface area (Å²) in [7, 11) is -1.92. The Labute approximate surface area is 132 Å². The van der Waals surface area contributed by atoms with Crippen LogP contribution in [0.2, 0.25) is 23.2 Å². The van der Waals surface area contributed by atoms with Gasteiger partial charge in [-0.2, -0.15) is 0 Å². The fourth-order valence-corrected chi connectivity index (χ4v) is 2.72. The Balaban J connectivity index is 2.85. The second-order valence-electron chi connectivity index (χ2n) is 6.62. The number of rotatable bonds is 5. The van der Waals surface area contributed by atoms with Crippen LogP contribution in [0.25, 0.3) is 0 Å². The second kappa shape index (κ2) is 6.81. The summed E-state index contributed by atoms with van der Waals surface area (Å²) >= 11 is 5.87. The summed E-state index contributed by atoms with van der Waals surface area (Å²) < 4.78 is 6.12. The van der Waals surface area contributed by atoms with Crippen LogP contribution in [0.3, 0.4) is 0 Å². The van der Waals surface area contributed by atoms with Crippen molar-refractivity contribution >= 4 is 26.0 Å². The number of nitrogens with one attached hydrogen (secondary N) is 1. The molecule has 2 N–H and O–H groups in total. The zero-order valence-electron chi connectivity index (χ0n) is 13.2. The van der Waals surface area contributed by atoms with Crippen LogP contribution in [0.15, 0.2) is 24.3 Å². The van der Waals surface area contributed by atoms with Gasteiger partial charge in [0, 0.05) is 5.02 Å². The largest absolute Gasteiger partial charge is 0.465 e. The van der Waals surface area contributed by atoms with Gasteiger partial charge in [0.2, 0.25) is 0 Å². The monoisotopic (exact) mass is 329 g/mol. The molecule has 1 atom stereocenters. The van der Waals surface area contributed by atoms with Crippen LogP contribution >= 0.6 is 11.6 Å². The SMILES string of the molecule is CC(C)(C)[Si](C)(C)OC[C@@H](NC(=O)O)c1ccc(Cl)cc1. The molecule has 0 bridgehead atoms. The van der Waals surface area contributed by atoms with Gasteiger partial charge < -0.3 is 14.8 Å². The summed E-state index contributed by atoms with van der Waals surface area (Å²) in [6, 6.07) is 6.74. The molecule has 0 saturated carbocycles. The lowest BCUT2D eigenvalue weighted by molar-refractivity contribution is 0.178. The van der Waals surface area contributed by atoms with Gasteiger partial charge in [-0.1, -0.05) is 44.5 Å². The van der Waals surface area contributed by atoms with E-state index in [4.69, 9.17) is 21.1 Å². The molecule has 0 fully saturated rings. The maximum Gasteiger partial charge on any atom is 0.405 e. The van der Waals surface area contributed by atoms with E-state index in [-0.39, 0.29) is 5.04 Å². The first kappa shape index (κ1) is 18.0. The lowest BCUT2D eigenvalue weighted by atomic mass is 10.1. The van der Waals surface area contributed by atoms with Crippen molar-refractivity contribution in [2.45, 2.75) is 44.9 Å². The van der Waals surface area contributed by atoms with E-state index in [1.54, 1.807) is 12.1 Å². The minimum Gasteiger partial charge on any atom is -0.465 e. The Morgan fingerprint density at radius 1 is 1.33 bits per heavy atom. The Kier molecular flexibility index (Phi) is 5.84. The Morgan fingerprint density at radius 2 is 1.86 bits per heavy atom. The van der Waals surface area contributed by atoms with E-state index >= 15 is 0 Å². The molecule has 0 aliphatic heterocycles. The van der Waals surface area contributed by atoms with E-state index in [0.717, 1.165) is 5.56 Å². The van der Waals surface area contributed by atoms with Gasteiger partial charge in [-0.05, 0) is 35.8 Å². The average Bonchev–Trinajstić information content (AvgIpc) is 2.34.